The van der Waals surface area contributed by atoms with Gasteiger partial charge in [0.1, 0.15) is 5.75 Å². The Kier molecular flexibility index (Phi) is 5.43. The Morgan fingerprint density at radius 1 is 1.03 bits per heavy atom. The van der Waals surface area contributed by atoms with E-state index in [2.05, 4.69) is 10.6 Å². The van der Waals surface area contributed by atoms with Crippen molar-refractivity contribution in [1.29, 1.82) is 0 Å². The predicted octanol–water partition coefficient (Wildman–Crippen LogP) is 4.72. The van der Waals surface area contributed by atoms with Crippen LogP contribution in [0.4, 0.5) is 16.2 Å². The quantitative estimate of drug-likeness (QED) is 0.772. The van der Waals surface area contributed by atoms with E-state index in [1.807, 2.05) is 54.3 Å². The van der Waals surface area contributed by atoms with E-state index in [4.69, 9.17) is 4.74 Å². The summed E-state index contributed by atoms with van der Waals surface area (Å²) in [4.78, 5) is 26.9. The standard InChI is InChI=1S/C23H27N3O3/c1-15-5-10-18(24-22(27)17-6-7-17)14-20(15)25-23(28)26-13-3-4-21(26)16-8-11-19(29-2)12-9-16/h5,8-12,14,17,21H,3-4,6-7,13H2,1-2H3,(H,24,27)(H,25,28). The summed E-state index contributed by atoms with van der Waals surface area (Å²) in [5, 5.41) is 5.99. The molecule has 0 aromatic heterocycles. The molecular formula is C23H27N3O3. The molecule has 1 atom stereocenters. The fourth-order valence-corrected chi connectivity index (χ4v) is 3.79. The van der Waals surface area contributed by atoms with E-state index < -0.39 is 0 Å². The number of hydrogen-bond acceptors (Lipinski definition) is 3. The zero-order chi connectivity index (χ0) is 20.4. The molecule has 1 aliphatic carbocycles. The van der Waals surface area contributed by atoms with Gasteiger partial charge in [-0.1, -0.05) is 18.2 Å². The molecule has 152 valence electrons. The third kappa shape index (κ3) is 4.36. The maximum atomic E-state index is 13.0. The van der Waals surface area contributed by atoms with Gasteiger partial charge < -0.3 is 20.3 Å². The first kappa shape index (κ1) is 19.3. The van der Waals surface area contributed by atoms with Gasteiger partial charge in [0, 0.05) is 23.8 Å². The molecule has 1 saturated carbocycles. The molecule has 2 fully saturated rings. The molecule has 0 bridgehead atoms. The monoisotopic (exact) mass is 393 g/mol. The first-order valence-electron chi connectivity index (χ1n) is 10.2. The maximum absolute atomic E-state index is 13.0. The highest BCUT2D eigenvalue weighted by molar-refractivity contribution is 5.96. The van der Waals surface area contributed by atoms with Crippen molar-refractivity contribution in [3.63, 3.8) is 0 Å². The topological polar surface area (TPSA) is 70.7 Å². The Morgan fingerprint density at radius 3 is 2.48 bits per heavy atom. The molecule has 4 rings (SSSR count). The zero-order valence-electron chi connectivity index (χ0n) is 16.9. The summed E-state index contributed by atoms with van der Waals surface area (Å²) in [6, 6.07) is 13.5. The first-order valence-corrected chi connectivity index (χ1v) is 10.2. The fourth-order valence-electron chi connectivity index (χ4n) is 3.79. The van der Waals surface area contributed by atoms with Gasteiger partial charge in [-0.2, -0.15) is 0 Å². The summed E-state index contributed by atoms with van der Waals surface area (Å²) in [5.74, 6) is 1.01. The minimum Gasteiger partial charge on any atom is -0.497 e. The SMILES string of the molecule is COc1ccc(C2CCCN2C(=O)Nc2cc(NC(=O)C3CC3)ccc2C)cc1. The number of rotatable bonds is 5. The Morgan fingerprint density at radius 2 is 1.79 bits per heavy atom. The Hall–Kier alpha value is -3.02. The van der Waals surface area contributed by atoms with Crippen LogP contribution in [0.2, 0.25) is 0 Å². The van der Waals surface area contributed by atoms with Crippen LogP contribution in [0.3, 0.4) is 0 Å². The highest BCUT2D eigenvalue weighted by Crippen LogP contribution is 2.34. The molecule has 29 heavy (non-hydrogen) atoms. The average molecular weight is 393 g/mol. The number of amides is 3. The van der Waals surface area contributed by atoms with Crippen LogP contribution in [0, 0.1) is 12.8 Å². The van der Waals surface area contributed by atoms with E-state index in [-0.39, 0.29) is 23.9 Å². The molecule has 2 aromatic rings. The van der Waals surface area contributed by atoms with E-state index in [1.165, 1.54) is 0 Å². The van der Waals surface area contributed by atoms with Crippen LogP contribution in [0.15, 0.2) is 42.5 Å². The van der Waals surface area contributed by atoms with Gasteiger partial charge in [-0.15, -0.1) is 0 Å². The van der Waals surface area contributed by atoms with Crippen LogP contribution in [0.5, 0.6) is 5.75 Å². The number of methoxy groups -OCH3 is 1. The second kappa shape index (κ2) is 8.15. The molecule has 1 unspecified atom stereocenters. The number of anilines is 2. The lowest BCUT2D eigenvalue weighted by Crippen LogP contribution is -2.34. The molecule has 6 nitrogen and oxygen atoms in total. The molecule has 0 spiro atoms. The van der Waals surface area contributed by atoms with Crippen molar-refractivity contribution < 1.29 is 14.3 Å². The second-order valence-corrected chi connectivity index (χ2v) is 7.85. The van der Waals surface area contributed by atoms with Gasteiger partial charge in [-0.3, -0.25) is 4.79 Å². The van der Waals surface area contributed by atoms with E-state index in [0.29, 0.717) is 0 Å². The van der Waals surface area contributed by atoms with E-state index >= 15 is 0 Å². The number of nitrogens with one attached hydrogen (secondary N) is 2. The van der Waals surface area contributed by atoms with Gasteiger partial charge in [0.25, 0.3) is 0 Å². The number of carbonyl (C=O) groups excluding carboxylic acids is 2. The predicted molar refractivity (Wildman–Crippen MR) is 113 cm³/mol. The lowest BCUT2D eigenvalue weighted by atomic mass is 10.0. The van der Waals surface area contributed by atoms with Crippen LogP contribution in [-0.4, -0.2) is 30.5 Å². The van der Waals surface area contributed by atoms with Crippen molar-refractivity contribution >= 4 is 23.3 Å². The normalized spacial score (nSPS) is 18.4. The van der Waals surface area contributed by atoms with Crippen molar-refractivity contribution in [2.45, 2.75) is 38.6 Å². The van der Waals surface area contributed by atoms with Crippen LogP contribution in [-0.2, 0) is 4.79 Å². The Labute approximate surface area is 171 Å². The van der Waals surface area contributed by atoms with Gasteiger partial charge >= 0.3 is 6.03 Å². The number of likely N-dealkylation sites (tertiary alicyclic amines) is 1. The molecule has 2 N–H and O–H groups in total. The number of benzene rings is 2. The number of aryl methyl sites for hydroxylation is 1. The number of hydrogen-bond donors (Lipinski definition) is 2. The summed E-state index contributed by atoms with van der Waals surface area (Å²) >= 11 is 0. The van der Waals surface area contributed by atoms with Crippen LogP contribution in [0.1, 0.15) is 42.9 Å². The smallest absolute Gasteiger partial charge is 0.322 e. The van der Waals surface area contributed by atoms with Gasteiger partial charge in [0.15, 0.2) is 0 Å². The molecule has 1 saturated heterocycles. The van der Waals surface area contributed by atoms with E-state index in [9.17, 15) is 9.59 Å². The minimum atomic E-state index is -0.114. The number of urea groups is 1. The van der Waals surface area contributed by atoms with Crippen molar-refractivity contribution in [2.75, 3.05) is 24.3 Å². The number of carbonyl (C=O) groups is 2. The Bertz CT molecular complexity index is 906. The molecule has 6 heteroatoms. The molecule has 2 aromatic carbocycles. The summed E-state index contributed by atoms with van der Waals surface area (Å²) in [6.45, 7) is 2.67. The van der Waals surface area contributed by atoms with Crippen LogP contribution in [0.25, 0.3) is 0 Å². The largest absolute Gasteiger partial charge is 0.497 e. The molecule has 1 heterocycles. The molecular weight excluding hydrogens is 366 g/mol. The van der Waals surface area contributed by atoms with Gasteiger partial charge in [-0.05, 0) is 68.0 Å². The summed E-state index contributed by atoms with van der Waals surface area (Å²) in [7, 11) is 1.65. The van der Waals surface area contributed by atoms with Crippen LogP contribution >= 0.6 is 0 Å². The number of ether oxygens (including phenoxy) is 1. The third-order valence-electron chi connectivity index (χ3n) is 5.71. The van der Waals surface area contributed by atoms with Crippen LogP contribution < -0.4 is 15.4 Å². The van der Waals surface area contributed by atoms with Crippen molar-refractivity contribution in [1.82, 2.24) is 4.90 Å². The highest BCUT2D eigenvalue weighted by Gasteiger charge is 2.31. The van der Waals surface area contributed by atoms with E-state index in [0.717, 1.165) is 60.5 Å². The maximum Gasteiger partial charge on any atom is 0.322 e. The molecule has 0 radical (unpaired) electrons. The van der Waals surface area contributed by atoms with Gasteiger partial charge in [-0.25, -0.2) is 4.79 Å². The van der Waals surface area contributed by atoms with E-state index in [1.54, 1.807) is 7.11 Å². The lowest BCUT2D eigenvalue weighted by Gasteiger charge is -2.26. The average Bonchev–Trinajstić information content (AvgIpc) is 3.47. The summed E-state index contributed by atoms with van der Waals surface area (Å²) in [6.07, 6.45) is 3.84. The highest BCUT2D eigenvalue weighted by atomic mass is 16.5. The third-order valence-corrected chi connectivity index (χ3v) is 5.71. The molecule has 3 amide bonds. The van der Waals surface area contributed by atoms with Gasteiger partial charge in [0.2, 0.25) is 5.91 Å². The minimum absolute atomic E-state index is 0.0546. The molecule has 1 aliphatic heterocycles. The van der Waals surface area contributed by atoms with Crippen molar-refractivity contribution in [3.05, 3.63) is 53.6 Å². The van der Waals surface area contributed by atoms with Crippen molar-refractivity contribution in [3.8, 4) is 5.75 Å². The summed E-state index contributed by atoms with van der Waals surface area (Å²) < 4.78 is 5.23. The Balaban J connectivity index is 1.46. The van der Waals surface area contributed by atoms with Crippen molar-refractivity contribution in [2.24, 2.45) is 5.92 Å². The van der Waals surface area contributed by atoms with Gasteiger partial charge in [0.05, 0.1) is 13.2 Å². The lowest BCUT2D eigenvalue weighted by molar-refractivity contribution is -0.117. The number of nitrogens with zero attached hydrogens (tertiary/aromatic N) is 1. The molecule has 2 aliphatic rings. The summed E-state index contributed by atoms with van der Waals surface area (Å²) in [5.41, 5.74) is 3.52. The second-order valence-electron chi connectivity index (χ2n) is 7.85. The first-order chi connectivity index (χ1) is 14.0. The zero-order valence-corrected chi connectivity index (χ0v) is 16.9. The fraction of sp³-hybridized carbons (Fsp3) is 0.391.